The van der Waals surface area contributed by atoms with Gasteiger partial charge in [0.25, 0.3) is 5.91 Å². The molecule has 2 rings (SSSR count). The molecule has 1 saturated carbocycles. The van der Waals surface area contributed by atoms with E-state index >= 15 is 0 Å². The third kappa shape index (κ3) is 4.14. The van der Waals surface area contributed by atoms with Gasteiger partial charge < -0.3 is 14.8 Å². The van der Waals surface area contributed by atoms with Crippen LogP contribution in [-0.4, -0.2) is 37.4 Å². The van der Waals surface area contributed by atoms with E-state index in [-0.39, 0.29) is 11.9 Å². The van der Waals surface area contributed by atoms with Crippen LogP contribution < -0.4 is 10.1 Å². The highest BCUT2D eigenvalue weighted by Crippen LogP contribution is 2.26. The second-order valence-electron chi connectivity index (χ2n) is 4.90. The SMILES string of the molecule is COc1cc(SC)ccc1C(=O)O[C@@H](C)C(=O)NC1CC1. The van der Waals surface area contributed by atoms with Gasteiger partial charge in [0.1, 0.15) is 11.3 Å². The number of amides is 1. The van der Waals surface area contributed by atoms with Crippen LogP contribution in [0.1, 0.15) is 30.1 Å². The Balaban J connectivity index is 2.03. The third-order valence-corrected chi connectivity index (χ3v) is 3.93. The number of thioether (sulfide) groups is 1. The average molecular weight is 309 g/mol. The van der Waals surface area contributed by atoms with Crippen molar-refractivity contribution in [3.8, 4) is 5.75 Å². The minimum atomic E-state index is -0.817. The number of benzene rings is 1. The quantitative estimate of drug-likeness (QED) is 0.645. The highest BCUT2D eigenvalue weighted by molar-refractivity contribution is 7.98. The van der Waals surface area contributed by atoms with Crippen LogP contribution in [0.5, 0.6) is 5.75 Å². The number of esters is 1. The number of hydrogen-bond donors (Lipinski definition) is 1. The maximum absolute atomic E-state index is 12.2. The lowest BCUT2D eigenvalue weighted by Crippen LogP contribution is -2.37. The van der Waals surface area contributed by atoms with Gasteiger partial charge in [-0.1, -0.05) is 0 Å². The van der Waals surface area contributed by atoms with Crippen LogP contribution in [0, 0.1) is 0 Å². The van der Waals surface area contributed by atoms with Crippen molar-refractivity contribution in [3.05, 3.63) is 23.8 Å². The van der Waals surface area contributed by atoms with E-state index in [2.05, 4.69) is 5.32 Å². The molecule has 1 aliphatic carbocycles. The number of rotatable bonds is 6. The summed E-state index contributed by atoms with van der Waals surface area (Å²) in [6, 6.07) is 5.49. The first kappa shape index (κ1) is 15.7. The molecule has 114 valence electrons. The Labute approximate surface area is 128 Å². The summed E-state index contributed by atoms with van der Waals surface area (Å²) in [6.07, 6.45) is 3.12. The molecule has 1 atom stereocenters. The molecule has 21 heavy (non-hydrogen) atoms. The molecule has 1 aliphatic rings. The minimum Gasteiger partial charge on any atom is -0.496 e. The fraction of sp³-hybridized carbons (Fsp3) is 0.467. The summed E-state index contributed by atoms with van der Waals surface area (Å²) in [5.41, 5.74) is 0.321. The molecule has 1 fully saturated rings. The van der Waals surface area contributed by atoms with Crippen molar-refractivity contribution in [2.24, 2.45) is 0 Å². The zero-order valence-corrected chi connectivity index (χ0v) is 13.2. The monoisotopic (exact) mass is 309 g/mol. The van der Waals surface area contributed by atoms with E-state index in [9.17, 15) is 9.59 Å². The summed E-state index contributed by atoms with van der Waals surface area (Å²) in [5, 5.41) is 2.81. The number of methoxy groups -OCH3 is 1. The molecule has 0 spiro atoms. The van der Waals surface area contributed by atoms with Crippen LogP contribution in [0.25, 0.3) is 0 Å². The molecule has 0 unspecified atom stereocenters. The van der Waals surface area contributed by atoms with E-state index in [0.29, 0.717) is 11.3 Å². The molecule has 1 aromatic carbocycles. The summed E-state index contributed by atoms with van der Waals surface area (Å²) in [6.45, 7) is 1.57. The Morgan fingerprint density at radius 2 is 2.10 bits per heavy atom. The zero-order valence-electron chi connectivity index (χ0n) is 12.3. The van der Waals surface area contributed by atoms with Crippen molar-refractivity contribution in [2.75, 3.05) is 13.4 Å². The Morgan fingerprint density at radius 1 is 1.38 bits per heavy atom. The predicted molar refractivity (Wildman–Crippen MR) is 80.8 cm³/mol. The van der Waals surface area contributed by atoms with Gasteiger partial charge in [0.05, 0.1) is 7.11 Å². The summed E-state index contributed by atoms with van der Waals surface area (Å²) >= 11 is 1.56. The molecule has 0 bridgehead atoms. The predicted octanol–water partition coefficient (Wildman–Crippen LogP) is 2.24. The van der Waals surface area contributed by atoms with Gasteiger partial charge in [-0.2, -0.15) is 0 Å². The Kier molecular flexibility index (Phi) is 5.12. The summed E-state index contributed by atoms with van der Waals surface area (Å²) in [7, 11) is 1.50. The standard InChI is InChI=1S/C15H19NO4S/c1-9(14(17)16-10-4-5-10)20-15(18)12-7-6-11(21-3)8-13(12)19-2/h6-10H,4-5H2,1-3H3,(H,16,17)/t9-/m0/s1. The first-order valence-corrected chi connectivity index (χ1v) is 8.01. The van der Waals surface area contributed by atoms with Crippen LogP contribution in [-0.2, 0) is 9.53 Å². The van der Waals surface area contributed by atoms with E-state index in [1.165, 1.54) is 7.11 Å². The second-order valence-corrected chi connectivity index (χ2v) is 5.78. The molecule has 0 aliphatic heterocycles. The molecule has 0 heterocycles. The summed E-state index contributed by atoms with van der Waals surface area (Å²) in [4.78, 5) is 24.9. The first-order valence-electron chi connectivity index (χ1n) is 6.78. The van der Waals surface area contributed by atoms with Gasteiger partial charge in [-0.15, -0.1) is 11.8 Å². The van der Waals surface area contributed by atoms with Crippen LogP contribution in [0.4, 0.5) is 0 Å². The molecule has 1 N–H and O–H groups in total. The topological polar surface area (TPSA) is 64.6 Å². The van der Waals surface area contributed by atoms with Crippen molar-refractivity contribution in [2.45, 2.75) is 36.8 Å². The molecule has 1 amide bonds. The minimum absolute atomic E-state index is 0.244. The van der Waals surface area contributed by atoms with Gasteiger partial charge in [0, 0.05) is 10.9 Å². The fourth-order valence-corrected chi connectivity index (χ4v) is 2.22. The number of carbonyl (C=O) groups excluding carboxylic acids is 2. The van der Waals surface area contributed by atoms with Gasteiger partial charge >= 0.3 is 5.97 Å². The molecular formula is C15H19NO4S. The normalized spacial score (nSPS) is 15.2. The van der Waals surface area contributed by atoms with E-state index in [4.69, 9.17) is 9.47 Å². The first-order chi connectivity index (χ1) is 10.0. The smallest absolute Gasteiger partial charge is 0.342 e. The molecular weight excluding hydrogens is 290 g/mol. The van der Waals surface area contributed by atoms with E-state index in [1.807, 2.05) is 12.3 Å². The second kappa shape index (κ2) is 6.85. The van der Waals surface area contributed by atoms with Gasteiger partial charge in [0.2, 0.25) is 0 Å². The lowest BCUT2D eigenvalue weighted by Gasteiger charge is -2.15. The third-order valence-electron chi connectivity index (χ3n) is 3.21. The lowest BCUT2D eigenvalue weighted by molar-refractivity contribution is -0.129. The fourth-order valence-electron chi connectivity index (χ4n) is 1.79. The number of ether oxygens (including phenoxy) is 2. The molecule has 1 aromatic rings. The van der Waals surface area contributed by atoms with Crippen molar-refractivity contribution >= 4 is 23.6 Å². The van der Waals surface area contributed by atoms with Crippen LogP contribution in [0.2, 0.25) is 0 Å². The molecule has 6 heteroatoms. The summed E-state index contributed by atoms with van der Waals surface area (Å²) in [5.74, 6) is -0.370. The average Bonchev–Trinajstić information content (AvgIpc) is 3.30. The van der Waals surface area contributed by atoms with E-state index < -0.39 is 12.1 Å². The van der Waals surface area contributed by atoms with Gasteiger partial charge in [0.15, 0.2) is 6.10 Å². The van der Waals surface area contributed by atoms with Crippen LogP contribution >= 0.6 is 11.8 Å². The highest BCUT2D eigenvalue weighted by Gasteiger charge is 2.28. The Hall–Kier alpha value is -1.69. The van der Waals surface area contributed by atoms with Crippen molar-refractivity contribution in [1.82, 2.24) is 5.32 Å². The molecule has 0 aromatic heterocycles. The zero-order chi connectivity index (χ0) is 15.4. The highest BCUT2D eigenvalue weighted by atomic mass is 32.2. The van der Waals surface area contributed by atoms with E-state index in [1.54, 1.807) is 30.8 Å². The van der Waals surface area contributed by atoms with Gasteiger partial charge in [-0.05, 0) is 44.2 Å². The van der Waals surface area contributed by atoms with Gasteiger partial charge in [-0.3, -0.25) is 4.79 Å². The number of nitrogens with one attached hydrogen (secondary N) is 1. The Bertz CT molecular complexity index is 542. The summed E-state index contributed by atoms with van der Waals surface area (Å²) < 4.78 is 10.4. The molecule has 0 saturated heterocycles. The van der Waals surface area contributed by atoms with Crippen LogP contribution in [0.15, 0.2) is 23.1 Å². The van der Waals surface area contributed by atoms with E-state index in [0.717, 1.165) is 17.7 Å². The van der Waals surface area contributed by atoms with Crippen LogP contribution in [0.3, 0.4) is 0 Å². The number of hydrogen-bond acceptors (Lipinski definition) is 5. The van der Waals surface area contributed by atoms with Crippen molar-refractivity contribution in [1.29, 1.82) is 0 Å². The Morgan fingerprint density at radius 3 is 2.67 bits per heavy atom. The lowest BCUT2D eigenvalue weighted by atomic mass is 10.2. The number of carbonyl (C=O) groups is 2. The van der Waals surface area contributed by atoms with Gasteiger partial charge in [-0.25, -0.2) is 4.79 Å². The van der Waals surface area contributed by atoms with Crippen molar-refractivity contribution < 1.29 is 19.1 Å². The maximum atomic E-state index is 12.2. The molecule has 5 nitrogen and oxygen atoms in total. The largest absolute Gasteiger partial charge is 0.496 e. The maximum Gasteiger partial charge on any atom is 0.342 e. The van der Waals surface area contributed by atoms with Crippen molar-refractivity contribution in [3.63, 3.8) is 0 Å². The molecule has 0 radical (unpaired) electrons.